The zero-order valence-electron chi connectivity index (χ0n) is 13.9. The second-order valence-corrected chi connectivity index (χ2v) is 6.23. The Morgan fingerprint density at radius 1 is 1.17 bits per heavy atom. The number of likely N-dealkylation sites (tertiary alicyclic amines) is 1. The van der Waals surface area contributed by atoms with Crippen LogP contribution in [0.2, 0.25) is 0 Å². The summed E-state index contributed by atoms with van der Waals surface area (Å²) in [5.74, 6) is -1.35. The molecule has 0 atom stereocenters. The molecule has 0 aliphatic carbocycles. The molecular weight excluding hydrogens is 310 g/mol. The average Bonchev–Trinajstić information content (AvgIpc) is 2.60. The largest absolute Gasteiger partial charge is 0.481 e. The highest BCUT2D eigenvalue weighted by Crippen LogP contribution is 2.18. The van der Waals surface area contributed by atoms with E-state index in [0.717, 1.165) is 19.6 Å². The molecule has 0 aromatic carbocycles. The molecule has 2 heterocycles. The lowest BCUT2D eigenvalue weighted by Crippen LogP contribution is -2.50. The van der Waals surface area contributed by atoms with Crippen molar-refractivity contribution in [1.82, 2.24) is 14.7 Å². The SMILES string of the molecule is N#C/C(=C/N1CCC(C(=O)O)CC1)C(=O)N1CCN(CCN)CC1. The number of aliphatic carboxylic acids is 1. The van der Waals surface area contributed by atoms with Gasteiger partial charge >= 0.3 is 5.97 Å². The van der Waals surface area contributed by atoms with Gasteiger partial charge < -0.3 is 20.6 Å². The number of piperazine rings is 1. The second-order valence-electron chi connectivity index (χ2n) is 6.23. The standard InChI is InChI=1S/C16H25N5O3/c17-3-6-19-7-9-21(10-8-19)15(22)14(11-18)12-20-4-1-13(2-5-20)16(23)24/h12-13H,1-10,17H2,(H,23,24)/b14-12-. The number of nitrogens with two attached hydrogens (primary N) is 1. The predicted molar refractivity (Wildman–Crippen MR) is 87.7 cm³/mol. The number of rotatable bonds is 5. The number of nitriles is 1. The molecule has 0 radical (unpaired) electrons. The van der Waals surface area contributed by atoms with Crippen molar-refractivity contribution in [2.45, 2.75) is 12.8 Å². The molecule has 2 rings (SSSR count). The summed E-state index contributed by atoms with van der Waals surface area (Å²) in [4.78, 5) is 29.3. The van der Waals surface area contributed by atoms with E-state index in [0.29, 0.717) is 45.6 Å². The van der Waals surface area contributed by atoms with E-state index >= 15 is 0 Å². The van der Waals surface area contributed by atoms with Gasteiger partial charge in [0.05, 0.1) is 5.92 Å². The third kappa shape index (κ3) is 4.69. The number of carbonyl (C=O) groups is 2. The maximum atomic E-state index is 12.5. The van der Waals surface area contributed by atoms with Crippen molar-refractivity contribution in [3.8, 4) is 6.07 Å². The molecular formula is C16H25N5O3. The molecule has 8 heteroatoms. The number of amides is 1. The molecule has 132 valence electrons. The van der Waals surface area contributed by atoms with Gasteiger partial charge in [0.1, 0.15) is 11.6 Å². The molecule has 2 fully saturated rings. The number of piperidine rings is 1. The van der Waals surface area contributed by atoms with Crippen molar-refractivity contribution in [2.24, 2.45) is 11.7 Å². The fraction of sp³-hybridized carbons (Fsp3) is 0.688. The zero-order valence-corrected chi connectivity index (χ0v) is 13.9. The summed E-state index contributed by atoms with van der Waals surface area (Å²) >= 11 is 0. The number of carbonyl (C=O) groups excluding carboxylic acids is 1. The molecule has 2 saturated heterocycles. The van der Waals surface area contributed by atoms with Crippen molar-refractivity contribution in [1.29, 1.82) is 5.26 Å². The van der Waals surface area contributed by atoms with Crippen LogP contribution in [-0.4, -0.2) is 84.0 Å². The number of carboxylic acid groups (broad SMARTS) is 1. The average molecular weight is 335 g/mol. The van der Waals surface area contributed by atoms with Crippen LogP contribution in [0.3, 0.4) is 0 Å². The summed E-state index contributed by atoms with van der Waals surface area (Å²) in [6.07, 6.45) is 2.67. The van der Waals surface area contributed by atoms with Crippen LogP contribution >= 0.6 is 0 Å². The Morgan fingerprint density at radius 3 is 2.29 bits per heavy atom. The fourth-order valence-corrected chi connectivity index (χ4v) is 3.12. The fourth-order valence-electron chi connectivity index (χ4n) is 3.12. The first-order valence-electron chi connectivity index (χ1n) is 8.35. The van der Waals surface area contributed by atoms with Gasteiger partial charge in [0.15, 0.2) is 0 Å². The quantitative estimate of drug-likeness (QED) is 0.504. The first-order chi connectivity index (χ1) is 11.5. The first kappa shape index (κ1) is 18.2. The summed E-state index contributed by atoms with van der Waals surface area (Å²) in [5.41, 5.74) is 5.66. The molecule has 1 amide bonds. The summed E-state index contributed by atoms with van der Waals surface area (Å²) in [5, 5.41) is 18.3. The van der Waals surface area contributed by atoms with Crippen LogP contribution in [0, 0.1) is 17.2 Å². The summed E-state index contributed by atoms with van der Waals surface area (Å²) in [6, 6.07) is 2.00. The summed E-state index contributed by atoms with van der Waals surface area (Å²) in [7, 11) is 0. The number of hydrogen-bond donors (Lipinski definition) is 2. The van der Waals surface area contributed by atoms with Crippen molar-refractivity contribution in [3.63, 3.8) is 0 Å². The van der Waals surface area contributed by atoms with Gasteiger partial charge in [0.2, 0.25) is 0 Å². The zero-order chi connectivity index (χ0) is 17.5. The van der Waals surface area contributed by atoms with Crippen molar-refractivity contribution in [2.75, 3.05) is 52.4 Å². The Kier molecular flexibility index (Phi) is 6.58. The van der Waals surface area contributed by atoms with E-state index < -0.39 is 5.97 Å². The van der Waals surface area contributed by atoms with Gasteiger partial charge in [0.25, 0.3) is 5.91 Å². The smallest absolute Gasteiger partial charge is 0.306 e. The molecule has 0 aromatic heterocycles. The molecule has 2 aliphatic heterocycles. The van der Waals surface area contributed by atoms with E-state index in [1.807, 2.05) is 11.0 Å². The minimum Gasteiger partial charge on any atom is -0.481 e. The van der Waals surface area contributed by atoms with E-state index in [1.54, 1.807) is 11.1 Å². The lowest BCUT2D eigenvalue weighted by atomic mass is 9.97. The van der Waals surface area contributed by atoms with E-state index in [-0.39, 0.29) is 17.4 Å². The molecule has 0 aromatic rings. The Balaban J connectivity index is 1.90. The van der Waals surface area contributed by atoms with Crippen LogP contribution in [0.15, 0.2) is 11.8 Å². The van der Waals surface area contributed by atoms with E-state index in [9.17, 15) is 14.9 Å². The number of nitrogens with zero attached hydrogens (tertiary/aromatic N) is 4. The molecule has 0 spiro atoms. The highest BCUT2D eigenvalue weighted by Gasteiger charge is 2.26. The molecule has 3 N–H and O–H groups in total. The van der Waals surface area contributed by atoms with Gasteiger partial charge in [-0.25, -0.2) is 0 Å². The molecule has 0 saturated carbocycles. The predicted octanol–water partition coefficient (Wildman–Crippen LogP) is -0.707. The van der Waals surface area contributed by atoms with E-state index in [2.05, 4.69) is 4.90 Å². The maximum Gasteiger partial charge on any atom is 0.306 e. The van der Waals surface area contributed by atoms with Crippen molar-refractivity contribution >= 4 is 11.9 Å². The van der Waals surface area contributed by atoms with Crippen LogP contribution in [0.4, 0.5) is 0 Å². The highest BCUT2D eigenvalue weighted by atomic mass is 16.4. The Labute approximate surface area is 142 Å². The minimum atomic E-state index is -0.773. The van der Waals surface area contributed by atoms with Crippen molar-refractivity contribution < 1.29 is 14.7 Å². The van der Waals surface area contributed by atoms with Crippen LogP contribution < -0.4 is 5.73 Å². The van der Waals surface area contributed by atoms with Gasteiger partial charge in [-0.15, -0.1) is 0 Å². The Bertz CT molecular complexity index is 526. The van der Waals surface area contributed by atoms with Gasteiger partial charge in [-0.05, 0) is 12.8 Å². The lowest BCUT2D eigenvalue weighted by Gasteiger charge is -2.34. The first-order valence-corrected chi connectivity index (χ1v) is 8.35. The maximum absolute atomic E-state index is 12.5. The molecule has 0 bridgehead atoms. The minimum absolute atomic E-state index is 0.121. The number of hydrogen-bond acceptors (Lipinski definition) is 6. The van der Waals surface area contributed by atoms with Gasteiger partial charge in [-0.1, -0.05) is 0 Å². The summed E-state index contributed by atoms with van der Waals surface area (Å²) in [6.45, 7) is 5.26. The van der Waals surface area contributed by atoms with Crippen molar-refractivity contribution in [3.05, 3.63) is 11.8 Å². The third-order valence-electron chi connectivity index (χ3n) is 4.65. The summed E-state index contributed by atoms with van der Waals surface area (Å²) < 4.78 is 0. The van der Waals surface area contributed by atoms with Gasteiger partial charge in [0, 0.05) is 58.6 Å². The molecule has 8 nitrogen and oxygen atoms in total. The number of carboxylic acids is 1. The molecule has 0 unspecified atom stereocenters. The monoisotopic (exact) mass is 335 g/mol. The Hall–Kier alpha value is -2.11. The normalized spacial score (nSPS) is 20.8. The van der Waals surface area contributed by atoms with E-state index in [1.165, 1.54) is 0 Å². The second kappa shape index (κ2) is 8.66. The lowest BCUT2D eigenvalue weighted by molar-refractivity contribution is -0.143. The van der Waals surface area contributed by atoms with E-state index in [4.69, 9.17) is 10.8 Å². The third-order valence-corrected chi connectivity index (χ3v) is 4.65. The van der Waals surface area contributed by atoms with Crippen LogP contribution in [-0.2, 0) is 9.59 Å². The molecule has 2 aliphatic rings. The van der Waals surface area contributed by atoms with Crippen LogP contribution in [0.25, 0.3) is 0 Å². The van der Waals surface area contributed by atoms with Gasteiger partial charge in [-0.3, -0.25) is 14.5 Å². The van der Waals surface area contributed by atoms with Crippen LogP contribution in [0.1, 0.15) is 12.8 Å². The highest BCUT2D eigenvalue weighted by molar-refractivity contribution is 5.97. The van der Waals surface area contributed by atoms with Gasteiger partial charge in [-0.2, -0.15) is 5.26 Å². The van der Waals surface area contributed by atoms with Crippen LogP contribution in [0.5, 0.6) is 0 Å². The molecule has 24 heavy (non-hydrogen) atoms. The topological polar surface area (TPSA) is 114 Å². The Morgan fingerprint density at radius 2 is 1.79 bits per heavy atom.